The fraction of sp³-hybridized carbons (Fsp3) is 0.389. The van der Waals surface area contributed by atoms with E-state index in [1.54, 1.807) is 12.4 Å². The van der Waals surface area contributed by atoms with Gasteiger partial charge in [-0.1, -0.05) is 12.2 Å². The summed E-state index contributed by atoms with van der Waals surface area (Å²) in [5, 5.41) is 6.29. The zero-order chi connectivity index (χ0) is 15.8. The zero-order valence-electron chi connectivity index (χ0n) is 12.8. The Balaban J connectivity index is 1.39. The Morgan fingerprint density at radius 2 is 1.74 bits per heavy atom. The van der Waals surface area contributed by atoms with Crippen LogP contribution in [0.15, 0.2) is 46.3 Å². The predicted octanol–water partition coefficient (Wildman–Crippen LogP) is 1.91. The van der Waals surface area contributed by atoms with E-state index in [-0.39, 0.29) is 0 Å². The maximum Gasteiger partial charge on any atom is 0.253 e. The molecule has 118 valence electrons. The first kappa shape index (κ1) is 14.2. The molecule has 23 heavy (non-hydrogen) atoms. The van der Waals surface area contributed by atoms with Gasteiger partial charge in [-0.3, -0.25) is 14.6 Å². The molecule has 5 nitrogen and oxygen atoms in total. The quantitative estimate of drug-likeness (QED) is 0.630. The molecule has 2 bridgehead atoms. The van der Waals surface area contributed by atoms with E-state index < -0.39 is 10.9 Å². The second-order valence-corrected chi connectivity index (χ2v) is 6.54. The van der Waals surface area contributed by atoms with Crippen LogP contribution < -0.4 is 21.5 Å². The van der Waals surface area contributed by atoms with E-state index in [9.17, 15) is 9.59 Å². The minimum absolute atomic E-state index is 0.402. The van der Waals surface area contributed by atoms with Crippen molar-refractivity contribution in [3.63, 3.8) is 0 Å². The van der Waals surface area contributed by atoms with Crippen molar-refractivity contribution in [2.45, 2.75) is 19.4 Å². The van der Waals surface area contributed by atoms with Crippen molar-refractivity contribution in [2.24, 2.45) is 17.8 Å². The largest absolute Gasteiger partial charge is 0.380 e. The Bertz CT molecular complexity index is 805. The van der Waals surface area contributed by atoms with Gasteiger partial charge >= 0.3 is 0 Å². The van der Waals surface area contributed by atoms with E-state index in [0.29, 0.717) is 35.7 Å². The van der Waals surface area contributed by atoms with E-state index in [1.807, 2.05) is 12.1 Å². The number of nitrogens with one attached hydrogen (secondary N) is 2. The lowest BCUT2D eigenvalue weighted by molar-refractivity contribution is 0.472. The SMILES string of the molecule is O=c1c(NCc2ccncc2)c(NC[C@H]2C[C@H]3C=C[C@H]2C3)c1=O. The lowest BCUT2D eigenvalue weighted by Crippen LogP contribution is -2.38. The van der Waals surface area contributed by atoms with Crippen LogP contribution in [0.1, 0.15) is 18.4 Å². The maximum absolute atomic E-state index is 11.8. The van der Waals surface area contributed by atoms with Crippen LogP contribution in [0.2, 0.25) is 0 Å². The van der Waals surface area contributed by atoms with Crippen molar-refractivity contribution in [1.29, 1.82) is 0 Å². The molecule has 0 amide bonds. The highest BCUT2D eigenvalue weighted by Gasteiger charge is 2.35. The Morgan fingerprint density at radius 3 is 2.39 bits per heavy atom. The molecule has 5 heteroatoms. The molecule has 2 N–H and O–H groups in total. The molecule has 3 atom stereocenters. The summed E-state index contributed by atoms with van der Waals surface area (Å²) in [6, 6.07) is 3.76. The molecule has 0 spiro atoms. The number of pyridine rings is 1. The predicted molar refractivity (Wildman–Crippen MR) is 90.3 cm³/mol. The summed E-state index contributed by atoms with van der Waals surface area (Å²) in [4.78, 5) is 27.6. The third-order valence-electron chi connectivity index (χ3n) is 5.09. The van der Waals surface area contributed by atoms with Crippen molar-refractivity contribution >= 4 is 11.4 Å². The first-order valence-electron chi connectivity index (χ1n) is 8.10. The van der Waals surface area contributed by atoms with Gasteiger partial charge in [0.2, 0.25) is 0 Å². The lowest BCUT2D eigenvalue weighted by atomic mass is 9.93. The Hall–Kier alpha value is -2.43. The molecule has 1 aromatic carbocycles. The molecule has 1 aromatic heterocycles. The molecule has 2 aliphatic carbocycles. The number of anilines is 2. The van der Waals surface area contributed by atoms with E-state index in [2.05, 4.69) is 27.8 Å². The molecule has 0 saturated heterocycles. The lowest BCUT2D eigenvalue weighted by Gasteiger charge is -2.21. The van der Waals surface area contributed by atoms with E-state index >= 15 is 0 Å². The van der Waals surface area contributed by atoms with E-state index in [4.69, 9.17) is 0 Å². The molecule has 1 saturated carbocycles. The third-order valence-corrected chi connectivity index (χ3v) is 5.09. The number of aromatic nitrogens is 1. The molecule has 1 heterocycles. The molecule has 1 fully saturated rings. The summed E-state index contributed by atoms with van der Waals surface area (Å²) in [7, 11) is 0. The van der Waals surface area contributed by atoms with Gasteiger partial charge < -0.3 is 10.6 Å². The van der Waals surface area contributed by atoms with Crippen LogP contribution in [-0.2, 0) is 6.54 Å². The van der Waals surface area contributed by atoms with Gasteiger partial charge in [0.15, 0.2) is 0 Å². The Kier molecular flexibility index (Phi) is 3.48. The van der Waals surface area contributed by atoms with Crippen LogP contribution in [0, 0.1) is 17.8 Å². The minimum Gasteiger partial charge on any atom is -0.380 e. The fourth-order valence-corrected chi connectivity index (χ4v) is 3.78. The average Bonchev–Trinajstić information content (AvgIpc) is 3.20. The first-order valence-corrected chi connectivity index (χ1v) is 8.10. The normalized spacial score (nSPS) is 25.1. The van der Waals surface area contributed by atoms with Crippen LogP contribution in [-0.4, -0.2) is 11.5 Å². The number of nitrogens with zero attached hydrogens (tertiary/aromatic N) is 1. The van der Waals surface area contributed by atoms with Gasteiger partial charge in [0.05, 0.1) is 0 Å². The number of hydrogen-bond donors (Lipinski definition) is 2. The van der Waals surface area contributed by atoms with Crippen LogP contribution >= 0.6 is 0 Å². The van der Waals surface area contributed by atoms with E-state index in [1.165, 1.54) is 12.8 Å². The topological polar surface area (TPSA) is 71.1 Å². The van der Waals surface area contributed by atoms with Gasteiger partial charge in [-0.05, 0) is 48.3 Å². The van der Waals surface area contributed by atoms with Crippen molar-refractivity contribution in [3.05, 3.63) is 62.7 Å². The molecular formula is C18H19N3O2. The number of hydrogen-bond acceptors (Lipinski definition) is 5. The van der Waals surface area contributed by atoms with Gasteiger partial charge in [-0.15, -0.1) is 0 Å². The Labute approximate surface area is 134 Å². The van der Waals surface area contributed by atoms with Crippen molar-refractivity contribution in [3.8, 4) is 0 Å². The molecule has 0 unspecified atom stereocenters. The van der Waals surface area contributed by atoms with Crippen LogP contribution in [0.5, 0.6) is 0 Å². The second-order valence-electron chi connectivity index (χ2n) is 6.54. The van der Waals surface area contributed by atoms with Gasteiger partial charge in [-0.25, -0.2) is 0 Å². The van der Waals surface area contributed by atoms with Crippen molar-refractivity contribution < 1.29 is 0 Å². The highest BCUT2D eigenvalue weighted by atomic mass is 16.2. The van der Waals surface area contributed by atoms with Crippen LogP contribution in [0.4, 0.5) is 11.4 Å². The molecule has 0 aliphatic heterocycles. The summed E-state index contributed by atoms with van der Waals surface area (Å²) in [5.41, 5.74) is 1.08. The minimum atomic E-state index is -0.422. The number of rotatable bonds is 6. The standard InChI is InChI=1S/C18H19N3O2/c22-17-15(20-9-11-3-5-19-6-4-11)16(18(17)23)21-10-14-8-12-1-2-13(14)7-12/h1-6,12-14,20-21H,7-10H2/t12-,13-,14+/m0/s1. The monoisotopic (exact) mass is 309 g/mol. The first-order chi connectivity index (χ1) is 11.2. The highest BCUT2D eigenvalue weighted by molar-refractivity contribution is 5.74. The average molecular weight is 309 g/mol. The maximum atomic E-state index is 11.8. The molecule has 4 rings (SSSR count). The fourth-order valence-electron chi connectivity index (χ4n) is 3.78. The highest BCUT2D eigenvalue weighted by Crippen LogP contribution is 2.43. The van der Waals surface area contributed by atoms with Gasteiger partial charge in [0.25, 0.3) is 10.9 Å². The van der Waals surface area contributed by atoms with Gasteiger partial charge in [-0.2, -0.15) is 0 Å². The van der Waals surface area contributed by atoms with E-state index in [0.717, 1.165) is 12.1 Å². The smallest absolute Gasteiger partial charge is 0.253 e. The van der Waals surface area contributed by atoms with Crippen molar-refractivity contribution in [1.82, 2.24) is 4.98 Å². The summed E-state index contributed by atoms with van der Waals surface area (Å²) >= 11 is 0. The summed E-state index contributed by atoms with van der Waals surface area (Å²) in [6.45, 7) is 1.28. The zero-order valence-corrected chi connectivity index (χ0v) is 12.8. The van der Waals surface area contributed by atoms with Crippen molar-refractivity contribution in [2.75, 3.05) is 17.2 Å². The number of fused-ring (bicyclic) bond motifs is 2. The molecule has 2 aromatic rings. The van der Waals surface area contributed by atoms with Crippen LogP contribution in [0.3, 0.4) is 0 Å². The molecule has 0 radical (unpaired) electrons. The number of allylic oxidation sites excluding steroid dienone is 2. The summed E-state index contributed by atoms with van der Waals surface area (Å²) in [6.07, 6.45) is 10.4. The third kappa shape index (κ3) is 2.56. The van der Waals surface area contributed by atoms with Gasteiger partial charge in [0.1, 0.15) is 11.4 Å². The van der Waals surface area contributed by atoms with Gasteiger partial charge in [0, 0.05) is 25.5 Å². The summed E-state index contributed by atoms with van der Waals surface area (Å²) < 4.78 is 0. The molecular weight excluding hydrogens is 290 g/mol. The summed E-state index contributed by atoms with van der Waals surface area (Å²) in [5.74, 6) is 1.92. The molecule has 2 aliphatic rings. The van der Waals surface area contributed by atoms with Crippen LogP contribution in [0.25, 0.3) is 0 Å². The Morgan fingerprint density at radius 1 is 1.00 bits per heavy atom. The second kappa shape index (κ2) is 5.65.